The van der Waals surface area contributed by atoms with Crippen LogP contribution in [0.15, 0.2) is 60.8 Å². The zero-order valence-corrected chi connectivity index (χ0v) is 22.2. The summed E-state index contributed by atoms with van der Waals surface area (Å²) in [6, 6.07) is 15.7. The molecule has 2 amide bonds. The molecule has 2 aliphatic rings. The lowest BCUT2D eigenvalue weighted by molar-refractivity contribution is -0.384. The van der Waals surface area contributed by atoms with Crippen LogP contribution >= 0.6 is 11.6 Å². The van der Waals surface area contributed by atoms with Gasteiger partial charge in [0.15, 0.2) is 0 Å². The molecule has 0 unspecified atom stereocenters. The molecule has 1 aromatic heterocycles. The van der Waals surface area contributed by atoms with Crippen molar-refractivity contribution < 1.29 is 14.5 Å². The van der Waals surface area contributed by atoms with E-state index in [2.05, 4.69) is 15.2 Å². The van der Waals surface area contributed by atoms with Crippen LogP contribution < -0.4 is 11.1 Å². The van der Waals surface area contributed by atoms with Gasteiger partial charge in [0, 0.05) is 35.9 Å². The number of nitrogens with two attached hydrogens (primary N) is 1. The number of nitrogens with zero attached hydrogens (tertiary/aromatic N) is 3. The number of benzene rings is 2. The molecule has 0 radical (unpaired) electrons. The number of hydrogen-bond acceptors (Lipinski definition) is 6. The van der Waals surface area contributed by atoms with Crippen LogP contribution in [0.3, 0.4) is 0 Å². The van der Waals surface area contributed by atoms with Gasteiger partial charge in [0.25, 0.3) is 11.6 Å². The number of nitro groups is 1. The van der Waals surface area contributed by atoms with Gasteiger partial charge in [-0.3, -0.25) is 29.6 Å². The Bertz CT molecular complexity index is 1400. The number of carbonyl (C=O) groups is 2. The Morgan fingerprint density at radius 3 is 2.46 bits per heavy atom. The quantitative estimate of drug-likeness (QED) is 0.300. The first-order valence-electron chi connectivity index (χ1n) is 13.1. The van der Waals surface area contributed by atoms with Gasteiger partial charge in [0.1, 0.15) is 0 Å². The topological polar surface area (TPSA) is 131 Å². The Balaban J connectivity index is 1.21. The van der Waals surface area contributed by atoms with Gasteiger partial charge >= 0.3 is 0 Å². The molecular weight excluding hydrogens is 518 g/mol. The van der Waals surface area contributed by atoms with E-state index < -0.39 is 16.2 Å². The number of hydrogen-bond donors (Lipinski definition) is 2. The van der Waals surface area contributed by atoms with E-state index in [0.29, 0.717) is 42.1 Å². The van der Waals surface area contributed by atoms with Crippen molar-refractivity contribution in [3.63, 3.8) is 0 Å². The van der Waals surface area contributed by atoms with Crippen molar-refractivity contribution in [3.05, 3.63) is 92.8 Å². The predicted molar refractivity (Wildman–Crippen MR) is 148 cm³/mol. The standard InChI is InChI=1S/C29H30ClN5O4/c30-23-4-1-20(2-5-23)18-34-13-8-19(9-14-34)17-33-27(36)22-3-6-24(25(15-22)35(38)39)21-7-12-32-26(16-21)29(10-11-29)28(31)37/h1-7,12,15-16,19H,8-11,13-14,17-18H2,(H2,31,37)(H,33,36). The summed E-state index contributed by atoms with van der Waals surface area (Å²) in [6.07, 6.45) is 4.68. The van der Waals surface area contributed by atoms with Crippen LogP contribution in [-0.2, 0) is 16.8 Å². The number of nitro benzene ring substituents is 1. The number of amides is 2. The Kier molecular flexibility index (Phi) is 7.63. The lowest BCUT2D eigenvalue weighted by Gasteiger charge is -2.32. The van der Waals surface area contributed by atoms with Gasteiger partial charge < -0.3 is 11.1 Å². The highest BCUT2D eigenvalue weighted by atomic mass is 35.5. The Morgan fingerprint density at radius 1 is 1.10 bits per heavy atom. The molecule has 1 aliphatic heterocycles. The average molecular weight is 548 g/mol. The number of carbonyl (C=O) groups excluding carboxylic acids is 2. The molecule has 2 fully saturated rings. The van der Waals surface area contributed by atoms with Gasteiger partial charge in [0.2, 0.25) is 5.91 Å². The van der Waals surface area contributed by atoms with Crippen LogP contribution in [0.4, 0.5) is 5.69 Å². The first-order valence-corrected chi connectivity index (χ1v) is 13.4. The number of likely N-dealkylation sites (tertiary alicyclic amines) is 1. The van der Waals surface area contributed by atoms with E-state index in [1.54, 1.807) is 24.3 Å². The molecule has 0 spiro atoms. The maximum atomic E-state index is 12.9. The maximum absolute atomic E-state index is 12.9. The molecule has 0 atom stereocenters. The molecule has 202 valence electrons. The largest absolute Gasteiger partial charge is 0.369 e. The number of nitrogens with one attached hydrogen (secondary N) is 1. The Morgan fingerprint density at radius 2 is 1.82 bits per heavy atom. The molecular formula is C29H30ClN5O4. The highest BCUT2D eigenvalue weighted by Gasteiger charge is 2.51. The lowest BCUT2D eigenvalue weighted by Crippen LogP contribution is -2.38. The molecule has 3 aromatic rings. The zero-order chi connectivity index (χ0) is 27.6. The fourth-order valence-electron chi connectivity index (χ4n) is 5.22. The highest BCUT2D eigenvalue weighted by Crippen LogP contribution is 2.48. The molecule has 3 N–H and O–H groups in total. The van der Waals surface area contributed by atoms with Crippen molar-refractivity contribution in [2.75, 3.05) is 19.6 Å². The van der Waals surface area contributed by atoms with Crippen molar-refractivity contribution >= 4 is 29.1 Å². The molecule has 9 nitrogen and oxygen atoms in total. The summed E-state index contributed by atoms with van der Waals surface area (Å²) in [5.74, 6) is -0.435. The SMILES string of the molecule is NC(=O)C1(c2cc(-c3ccc(C(=O)NCC4CCN(Cc5ccc(Cl)cc5)CC4)cc3[N+](=O)[O-])ccn2)CC1. The van der Waals surface area contributed by atoms with Crippen molar-refractivity contribution in [3.8, 4) is 11.1 Å². The minimum absolute atomic E-state index is 0.181. The molecule has 1 saturated carbocycles. The zero-order valence-electron chi connectivity index (χ0n) is 21.4. The molecule has 1 saturated heterocycles. The van der Waals surface area contributed by atoms with E-state index in [9.17, 15) is 19.7 Å². The third-order valence-corrected chi connectivity index (χ3v) is 8.07. The molecule has 10 heteroatoms. The summed E-state index contributed by atoms with van der Waals surface area (Å²) in [4.78, 5) is 42.9. The van der Waals surface area contributed by atoms with Gasteiger partial charge in [-0.25, -0.2) is 0 Å². The minimum Gasteiger partial charge on any atom is -0.369 e. The molecule has 2 aromatic carbocycles. The van der Waals surface area contributed by atoms with E-state index in [4.69, 9.17) is 17.3 Å². The van der Waals surface area contributed by atoms with E-state index in [1.807, 2.05) is 24.3 Å². The van der Waals surface area contributed by atoms with E-state index in [-0.39, 0.29) is 17.2 Å². The summed E-state index contributed by atoms with van der Waals surface area (Å²) in [7, 11) is 0. The second-order valence-electron chi connectivity index (χ2n) is 10.4. The second-order valence-corrected chi connectivity index (χ2v) is 10.9. The van der Waals surface area contributed by atoms with Crippen LogP contribution in [-0.4, -0.2) is 46.3 Å². The minimum atomic E-state index is -0.795. The summed E-state index contributed by atoms with van der Waals surface area (Å²) in [5, 5.41) is 15.6. The summed E-state index contributed by atoms with van der Waals surface area (Å²) >= 11 is 5.97. The first-order chi connectivity index (χ1) is 18.7. The van der Waals surface area contributed by atoms with Gasteiger partial charge in [-0.2, -0.15) is 0 Å². The lowest BCUT2D eigenvalue weighted by atomic mass is 9.95. The number of piperidine rings is 1. The van der Waals surface area contributed by atoms with Crippen molar-refractivity contribution in [2.24, 2.45) is 11.7 Å². The third kappa shape index (κ3) is 5.94. The molecule has 39 heavy (non-hydrogen) atoms. The Hall–Kier alpha value is -3.82. The number of primary amides is 1. The van der Waals surface area contributed by atoms with Gasteiger partial charge in [-0.15, -0.1) is 0 Å². The van der Waals surface area contributed by atoms with Crippen molar-refractivity contribution in [2.45, 2.75) is 37.6 Å². The molecule has 5 rings (SSSR count). The van der Waals surface area contributed by atoms with Crippen LogP contribution in [0, 0.1) is 16.0 Å². The maximum Gasteiger partial charge on any atom is 0.277 e. The van der Waals surface area contributed by atoms with Gasteiger partial charge in [0.05, 0.1) is 21.6 Å². The van der Waals surface area contributed by atoms with Crippen molar-refractivity contribution in [1.29, 1.82) is 0 Å². The van der Waals surface area contributed by atoms with Crippen LogP contribution in [0.2, 0.25) is 5.02 Å². The summed E-state index contributed by atoms with van der Waals surface area (Å²) in [5.41, 5.74) is 7.47. The van der Waals surface area contributed by atoms with Gasteiger partial charge in [-0.1, -0.05) is 23.7 Å². The highest BCUT2D eigenvalue weighted by molar-refractivity contribution is 6.30. The number of rotatable bonds is 9. The van der Waals surface area contributed by atoms with Crippen LogP contribution in [0.1, 0.15) is 47.3 Å². The van der Waals surface area contributed by atoms with Crippen molar-refractivity contribution in [1.82, 2.24) is 15.2 Å². The predicted octanol–water partition coefficient (Wildman–Crippen LogP) is 4.47. The monoisotopic (exact) mass is 547 g/mol. The first kappa shape index (κ1) is 26.8. The number of pyridine rings is 1. The normalized spacial score (nSPS) is 16.9. The molecule has 0 bridgehead atoms. The van der Waals surface area contributed by atoms with Gasteiger partial charge in [-0.05, 0) is 92.2 Å². The molecule has 2 heterocycles. The van der Waals surface area contributed by atoms with E-state index in [0.717, 1.165) is 37.5 Å². The summed E-state index contributed by atoms with van der Waals surface area (Å²) in [6.45, 7) is 3.27. The average Bonchev–Trinajstić information content (AvgIpc) is 3.76. The fraction of sp³-hybridized carbons (Fsp3) is 0.345. The number of halogens is 1. The van der Waals surface area contributed by atoms with E-state index >= 15 is 0 Å². The third-order valence-electron chi connectivity index (χ3n) is 7.82. The Labute approximate surface area is 231 Å². The fourth-order valence-corrected chi connectivity index (χ4v) is 5.34. The van der Waals surface area contributed by atoms with Crippen LogP contribution in [0.5, 0.6) is 0 Å². The van der Waals surface area contributed by atoms with Crippen LogP contribution in [0.25, 0.3) is 11.1 Å². The smallest absolute Gasteiger partial charge is 0.277 e. The molecule has 1 aliphatic carbocycles. The number of aromatic nitrogens is 1. The second kappa shape index (κ2) is 11.1. The van der Waals surface area contributed by atoms with E-state index in [1.165, 1.54) is 17.8 Å². The summed E-state index contributed by atoms with van der Waals surface area (Å²) < 4.78 is 0.